The van der Waals surface area contributed by atoms with Crippen LogP contribution in [0, 0.1) is 5.82 Å². The van der Waals surface area contributed by atoms with Crippen molar-refractivity contribution in [1.29, 1.82) is 0 Å². The van der Waals surface area contributed by atoms with Gasteiger partial charge in [-0.05, 0) is 51.8 Å². The van der Waals surface area contributed by atoms with Gasteiger partial charge in [-0.25, -0.2) is 12.8 Å². The van der Waals surface area contributed by atoms with Crippen molar-refractivity contribution < 1.29 is 17.6 Å². The Morgan fingerprint density at radius 2 is 1.73 bits per heavy atom. The highest BCUT2D eigenvalue weighted by atomic mass is 79.9. The maximum atomic E-state index is 13.3. The number of sulfonamides is 1. The molecule has 2 aromatic rings. The summed E-state index contributed by atoms with van der Waals surface area (Å²) in [5.74, 6) is -0.916. The van der Waals surface area contributed by atoms with Crippen molar-refractivity contribution in [2.45, 2.75) is 25.3 Å². The number of hydrogen-bond donors (Lipinski definition) is 1. The number of nitrogens with one attached hydrogen (secondary N) is 1. The number of benzene rings is 2. The molecule has 0 atom stereocenters. The predicted octanol–water partition coefficient (Wildman–Crippen LogP) is 3.55. The van der Waals surface area contributed by atoms with Gasteiger partial charge >= 0.3 is 0 Å². The van der Waals surface area contributed by atoms with Crippen molar-refractivity contribution >= 4 is 31.9 Å². The lowest BCUT2D eigenvalue weighted by Gasteiger charge is -2.18. The van der Waals surface area contributed by atoms with Gasteiger partial charge in [0.05, 0.1) is 10.5 Å². The smallest absolute Gasteiger partial charge is 0.252 e. The molecule has 0 aliphatic carbocycles. The van der Waals surface area contributed by atoms with E-state index in [1.165, 1.54) is 28.6 Å². The van der Waals surface area contributed by atoms with Gasteiger partial charge in [0, 0.05) is 24.1 Å². The van der Waals surface area contributed by atoms with Crippen molar-refractivity contribution in [3.8, 4) is 0 Å². The zero-order valence-corrected chi connectivity index (χ0v) is 16.9. The van der Waals surface area contributed by atoms with E-state index in [0.717, 1.165) is 11.6 Å². The number of hydrogen-bond acceptors (Lipinski definition) is 3. The van der Waals surface area contributed by atoms with Crippen LogP contribution < -0.4 is 5.32 Å². The van der Waals surface area contributed by atoms with Gasteiger partial charge in [-0.2, -0.15) is 4.31 Å². The molecular weight excluding hydrogens is 423 g/mol. The molecule has 26 heavy (non-hydrogen) atoms. The molecule has 1 N–H and O–H groups in total. The second-order valence-electron chi connectivity index (χ2n) is 5.54. The van der Waals surface area contributed by atoms with Crippen molar-refractivity contribution in [3.63, 3.8) is 0 Å². The van der Waals surface area contributed by atoms with Gasteiger partial charge in [-0.15, -0.1) is 0 Å². The topological polar surface area (TPSA) is 66.5 Å². The average Bonchev–Trinajstić information content (AvgIpc) is 2.63. The van der Waals surface area contributed by atoms with Gasteiger partial charge in [0.1, 0.15) is 5.82 Å². The lowest BCUT2D eigenvalue weighted by atomic mass is 10.2. The maximum absolute atomic E-state index is 13.3. The fraction of sp³-hybridized carbons (Fsp3) is 0.278. The monoisotopic (exact) mass is 442 g/mol. The molecule has 0 fully saturated rings. The first-order chi connectivity index (χ1) is 12.3. The highest BCUT2D eigenvalue weighted by Crippen LogP contribution is 2.19. The fourth-order valence-electron chi connectivity index (χ4n) is 2.44. The third-order valence-corrected chi connectivity index (χ3v) is 6.65. The Labute approximate surface area is 161 Å². The molecule has 1 amide bonds. The molecule has 0 radical (unpaired) electrons. The van der Waals surface area contributed by atoms with Gasteiger partial charge in [0.15, 0.2) is 0 Å². The first-order valence-corrected chi connectivity index (χ1v) is 10.3. The van der Waals surface area contributed by atoms with Crippen molar-refractivity contribution in [2.75, 3.05) is 13.1 Å². The zero-order valence-electron chi connectivity index (χ0n) is 14.5. The van der Waals surface area contributed by atoms with Crippen LogP contribution in [0.4, 0.5) is 4.39 Å². The van der Waals surface area contributed by atoms with Crippen LogP contribution in [0.5, 0.6) is 0 Å². The summed E-state index contributed by atoms with van der Waals surface area (Å²) in [5, 5.41) is 2.69. The van der Waals surface area contributed by atoms with Gasteiger partial charge in [-0.1, -0.05) is 26.0 Å². The highest BCUT2D eigenvalue weighted by Gasteiger charge is 2.21. The largest absolute Gasteiger partial charge is 0.348 e. The molecule has 0 saturated heterocycles. The van der Waals surface area contributed by atoms with Crippen LogP contribution in [-0.2, 0) is 16.6 Å². The van der Waals surface area contributed by atoms with Crippen molar-refractivity contribution in [1.82, 2.24) is 9.62 Å². The molecule has 5 nitrogen and oxygen atoms in total. The van der Waals surface area contributed by atoms with Gasteiger partial charge < -0.3 is 5.32 Å². The number of halogens is 2. The first kappa shape index (κ1) is 20.5. The Balaban J connectivity index is 2.08. The maximum Gasteiger partial charge on any atom is 0.252 e. The number of nitrogens with zero attached hydrogens (tertiary/aromatic N) is 1. The van der Waals surface area contributed by atoms with E-state index >= 15 is 0 Å². The summed E-state index contributed by atoms with van der Waals surface area (Å²) < 4.78 is 40.0. The second kappa shape index (κ2) is 8.75. The molecule has 0 aromatic heterocycles. The molecule has 0 heterocycles. The fourth-order valence-corrected chi connectivity index (χ4v) is 4.33. The number of carbonyl (C=O) groups excluding carboxylic acids is 1. The van der Waals surface area contributed by atoms with Gasteiger partial charge in [-0.3, -0.25) is 4.79 Å². The minimum Gasteiger partial charge on any atom is -0.348 e. The normalized spacial score (nSPS) is 11.6. The summed E-state index contributed by atoms with van der Waals surface area (Å²) in [5.41, 5.74) is 0.940. The molecule has 8 heteroatoms. The summed E-state index contributed by atoms with van der Waals surface area (Å²) >= 11 is 3.22. The van der Waals surface area contributed by atoms with E-state index in [-0.39, 0.29) is 17.0 Å². The van der Waals surface area contributed by atoms with Crippen LogP contribution in [-0.4, -0.2) is 31.7 Å². The van der Waals surface area contributed by atoms with E-state index in [1.54, 1.807) is 26.0 Å². The van der Waals surface area contributed by atoms with Crippen molar-refractivity contribution in [3.05, 3.63) is 63.9 Å². The minimum absolute atomic E-state index is 0.200. The number of carbonyl (C=O) groups is 1. The Kier molecular flexibility index (Phi) is 6.91. The van der Waals surface area contributed by atoms with E-state index in [0.29, 0.717) is 17.6 Å². The van der Waals surface area contributed by atoms with Crippen LogP contribution in [0.1, 0.15) is 29.8 Å². The molecule has 0 aliphatic heterocycles. The van der Waals surface area contributed by atoms with E-state index in [9.17, 15) is 17.6 Å². The molecule has 2 rings (SSSR count). The second-order valence-corrected chi connectivity index (χ2v) is 8.33. The summed E-state index contributed by atoms with van der Waals surface area (Å²) in [6, 6.07) is 10.2. The Morgan fingerprint density at radius 1 is 1.12 bits per heavy atom. The molecule has 0 spiro atoms. The van der Waals surface area contributed by atoms with Crippen LogP contribution in [0.3, 0.4) is 0 Å². The quantitative estimate of drug-likeness (QED) is 0.712. The SMILES string of the molecule is CCN(CC)S(=O)(=O)c1ccc(CNC(=O)c2cc(F)ccc2Br)cc1. The van der Waals surface area contributed by atoms with Crippen molar-refractivity contribution in [2.24, 2.45) is 0 Å². The standard InChI is InChI=1S/C18H20BrFN2O3S/c1-3-22(4-2)26(24,25)15-8-5-13(6-9-15)12-21-18(23)16-11-14(20)7-10-17(16)19/h5-11H,3-4,12H2,1-2H3,(H,21,23). The van der Waals surface area contributed by atoms with Crippen LogP contribution in [0.25, 0.3) is 0 Å². The van der Waals surface area contributed by atoms with Gasteiger partial charge in [0.25, 0.3) is 5.91 Å². The highest BCUT2D eigenvalue weighted by molar-refractivity contribution is 9.10. The Hall–Kier alpha value is -1.77. The summed E-state index contributed by atoms with van der Waals surface area (Å²) in [7, 11) is -3.50. The molecule has 140 valence electrons. The summed E-state index contributed by atoms with van der Waals surface area (Å²) in [6.07, 6.45) is 0. The van der Waals surface area contributed by atoms with Crippen LogP contribution in [0.15, 0.2) is 51.8 Å². The lowest BCUT2D eigenvalue weighted by molar-refractivity contribution is 0.0949. The van der Waals surface area contributed by atoms with Crippen LogP contribution >= 0.6 is 15.9 Å². The molecular formula is C18H20BrFN2O3S. The number of amides is 1. The molecule has 2 aromatic carbocycles. The third kappa shape index (κ3) is 4.69. The Bertz CT molecular complexity index is 882. The average molecular weight is 443 g/mol. The third-order valence-electron chi connectivity index (χ3n) is 3.89. The summed E-state index contributed by atoms with van der Waals surface area (Å²) in [4.78, 5) is 12.4. The summed E-state index contributed by atoms with van der Waals surface area (Å²) in [6.45, 7) is 4.58. The predicted molar refractivity (Wildman–Crippen MR) is 102 cm³/mol. The van der Waals surface area contributed by atoms with E-state index < -0.39 is 21.7 Å². The molecule has 0 aliphatic rings. The Morgan fingerprint density at radius 3 is 2.31 bits per heavy atom. The zero-order chi connectivity index (χ0) is 19.3. The number of rotatable bonds is 7. The molecule has 0 unspecified atom stereocenters. The lowest BCUT2D eigenvalue weighted by Crippen LogP contribution is -2.30. The van der Waals surface area contributed by atoms with E-state index in [4.69, 9.17) is 0 Å². The molecule has 0 bridgehead atoms. The van der Waals surface area contributed by atoms with Crippen LogP contribution in [0.2, 0.25) is 0 Å². The van der Waals surface area contributed by atoms with E-state index in [2.05, 4.69) is 21.2 Å². The molecule has 0 saturated carbocycles. The first-order valence-electron chi connectivity index (χ1n) is 8.12. The van der Waals surface area contributed by atoms with E-state index in [1.807, 2.05) is 0 Å². The van der Waals surface area contributed by atoms with Gasteiger partial charge in [0.2, 0.25) is 10.0 Å². The minimum atomic E-state index is -3.50.